The first-order valence-corrected chi connectivity index (χ1v) is 4.64. The summed E-state index contributed by atoms with van der Waals surface area (Å²) < 4.78 is 1.56. The van der Waals surface area contributed by atoms with Crippen LogP contribution in [-0.2, 0) is 11.3 Å². The molecule has 0 aromatic carbocycles. The smallest absolute Gasteiger partial charge is 0.406 e. The second kappa shape index (κ2) is 4.60. The Morgan fingerprint density at radius 1 is 1.69 bits per heavy atom. The fourth-order valence-corrected chi connectivity index (χ4v) is 1.40. The molecule has 1 aromatic heterocycles. The van der Waals surface area contributed by atoms with Crippen LogP contribution >= 0.6 is 0 Å². The van der Waals surface area contributed by atoms with Gasteiger partial charge in [0.15, 0.2) is 0 Å². The van der Waals surface area contributed by atoms with Gasteiger partial charge in [0.2, 0.25) is 11.6 Å². The highest BCUT2D eigenvalue weighted by Gasteiger charge is 2.24. The summed E-state index contributed by atoms with van der Waals surface area (Å²) in [5, 5.41) is 21.7. The zero-order valence-corrected chi connectivity index (χ0v) is 8.93. The molecule has 0 aliphatic carbocycles. The largest absolute Gasteiger partial charge is 0.480 e. The fourth-order valence-electron chi connectivity index (χ4n) is 1.40. The van der Waals surface area contributed by atoms with Gasteiger partial charge in [-0.25, -0.2) is 0 Å². The lowest BCUT2D eigenvalue weighted by molar-refractivity contribution is -0.388. The van der Waals surface area contributed by atoms with Gasteiger partial charge in [-0.05, 0) is 16.8 Å². The molecule has 16 heavy (non-hydrogen) atoms. The molecule has 0 bridgehead atoms. The van der Waals surface area contributed by atoms with Gasteiger partial charge in [0.25, 0.3) is 0 Å². The summed E-state index contributed by atoms with van der Waals surface area (Å²) in [6, 6.07) is 0. The summed E-state index contributed by atoms with van der Waals surface area (Å²) in [5.74, 6) is -0.828. The van der Waals surface area contributed by atoms with Gasteiger partial charge in [0.05, 0.1) is 0 Å². The summed E-state index contributed by atoms with van der Waals surface area (Å²) in [6.07, 6.45) is 0. The molecule has 88 valence electrons. The molecule has 0 unspecified atom stereocenters. The van der Waals surface area contributed by atoms with Crippen molar-refractivity contribution in [1.29, 1.82) is 0 Å². The van der Waals surface area contributed by atoms with E-state index in [0.717, 1.165) is 0 Å². The van der Waals surface area contributed by atoms with Gasteiger partial charge in [0, 0.05) is 13.5 Å². The van der Waals surface area contributed by atoms with E-state index < -0.39 is 10.9 Å². The average molecular weight is 228 g/mol. The van der Waals surface area contributed by atoms with E-state index in [1.54, 1.807) is 18.4 Å². The van der Waals surface area contributed by atoms with Crippen LogP contribution in [0.3, 0.4) is 0 Å². The standard InChI is InChI=1S/C8H12N4O4/c1-3-11-5(2)10-8(12(15)16)7(11)9-4-6(13)14/h9H,3-4H2,1-2H3,(H,13,14). The molecular weight excluding hydrogens is 216 g/mol. The molecule has 0 amide bonds. The van der Waals surface area contributed by atoms with Crippen molar-refractivity contribution in [3.8, 4) is 0 Å². The quantitative estimate of drug-likeness (QED) is 0.564. The number of nitro groups is 1. The number of carboxylic acids is 1. The van der Waals surface area contributed by atoms with Crippen LogP contribution in [0.2, 0.25) is 0 Å². The van der Waals surface area contributed by atoms with Crippen molar-refractivity contribution in [2.45, 2.75) is 20.4 Å². The second-order valence-corrected chi connectivity index (χ2v) is 3.08. The maximum absolute atomic E-state index is 10.7. The van der Waals surface area contributed by atoms with Gasteiger partial charge in [-0.2, -0.15) is 0 Å². The van der Waals surface area contributed by atoms with Crippen LogP contribution in [0.25, 0.3) is 0 Å². The SMILES string of the molecule is CCn1c(C)nc([N+](=O)[O-])c1NCC(=O)O. The average Bonchev–Trinajstić information content (AvgIpc) is 2.51. The monoisotopic (exact) mass is 228 g/mol. The molecule has 8 nitrogen and oxygen atoms in total. The highest BCUT2D eigenvalue weighted by molar-refractivity contribution is 5.73. The lowest BCUT2D eigenvalue weighted by atomic mass is 10.5. The maximum Gasteiger partial charge on any atom is 0.406 e. The Hall–Kier alpha value is -2.12. The van der Waals surface area contributed by atoms with Crippen molar-refractivity contribution >= 4 is 17.6 Å². The van der Waals surface area contributed by atoms with Crippen molar-refractivity contribution < 1.29 is 14.8 Å². The third-order valence-electron chi connectivity index (χ3n) is 2.04. The minimum absolute atomic E-state index is 0.132. The number of aromatic nitrogens is 2. The first-order valence-electron chi connectivity index (χ1n) is 4.64. The molecule has 0 saturated heterocycles. The molecule has 1 rings (SSSR count). The Morgan fingerprint density at radius 2 is 2.31 bits per heavy atom. The van der Waals surface area contributed by atoms with E-state index in [1.165, 1.54) is 0 Å². The van der Waals surface area contributed by atoms with Crippen molar-refractivity contribution in [2.24, 2.45) is 0 Å². The van der Waals surface area contributed by atoms with Crippen LogP contribution in [0.5, 0.6) is 0 Å². The maximum atomic E-state index is 10.7. The molecular formula is C8H12N4O4. The molecule has 2 N–H and O–H groups in total. The van der Waals surface area contributed by atoms with Gasteiger partial charge in [-0.3, -0.25) is 9.36 Å². The Labute approximate surface area is 91.1 Å². The van der Waals surface area contributed by atoms with E-state index >= 15 is 0 Å². The Morgan fingerprint density at radius 3 is 2.75 bits per heavy atom. The van der Waals surface area contributed by atoms with Gasteiger partial charge >= 0.3 is 11.8 Å². The molecule has 8 heteroatoms. The third-order valence-corrected chi connectivity index (χ3v) is 2.04. The van der Waals surface area contributed by atoms with Gasteiger partial charge < -0.3 is 20.5 Å². The van der Waals surface area contributed by atoms with Gasteiger partial charge in [-0.15, -0.1) is 0 Å². The number of nitrogens with zero attached hydrogens (tertiary/aromatic N) is 3. The number of anilines is 1. The van der Waals surface area contributed by atoms with Gasteiger partial charge in [-0.1, -0.05) is 0 Å². The Kier molecular flexibility index (Phi) is 3.44. The predicted octanol–water partition coefficient (Wildman–Crippen LogP) is 0.616. The molecule has 0 fully saturated rings. The number of aliphatic carboxylic acids is 1. The highest BCUT2D eigenvalue weighted by atomic mass is 16.6. The molecule has 0 atom stereocenters. The number of imidazole rings is 1. The number of carboxylic acid groups (broad SMARTS) is 1. The number of rotatable bonds is 5. The molecule has 0 aliphatic rings. The number of hydrogen-bond donors (Lipinski definition) is 2. The van der Waals surface area contributed by atoms with Crippen LogP contribution in [-0.4, -0.2) is 32.1 Å². The minimum Gasteiger partial charge on any atom is -0.480 e. The van der Waals surface area contributed by atoms with Gasteiger partial charge in [0.1, 0.15) is 6.54 Å². The number of aryl methyl sites for hydroxylation is 1. The highest BCUT2D eigenvalue weighted by Crippen LogP contribution is 2.24. The van der Waals surface area contributed by atoms with E-state index in [2.05, 4.69) is 10.3 Å². The molecule has 1 aromatic rings. The Bertz CT molecular complexity index is 426. The van der Waals surface area contributed by atoms with E-state index in [9.17, 15) is 14.9 Å². The van der Waals surface area contributed by atoms with Crippen LogP contribution in [0.15, 0.2) is 0 Å². The first-order chi connectivity index (χ1) is 7.47. The lowest BCUT2D eigenvalue weighted by Gasteiger charge is -2.05. The molecule has 0 radical (unpaired) electrons. The van der Waals surface area contributed by atoms with E-state index in [0.29, 0.717) is 12.4 Å². The Balaban J connectivity index is 3.10. The summed E-state index contributed by atoms with van der Waals surface area (Å²) in [6.45, 7) is 3.52. The van der Waals surface area contributed by atoms with Crippen molar-refractivity contribution in [3.05, 3.63) is 15.9 Å². The molecule has 0 aliphatic heterocycles. The predicted molar refractivity (Wildman–Crippen MR) is 55.4 cm³/mol. The van der Waals surface area contributed by atoms with Crippen molar-refractivity contribution in [3.63, 3.8) is 0 Å². The van der Waals surface area contributed by atoms with E-state index in [1.807, 2.05) is 0 Å². The lowest BCUT2D eigenvalue weighted by Crippen LogP contribution is -2.16. The van der Waals surface area contributed by atoms with Crippen molar-refractivity contribution in [1.82, 2.24) is 9.55 Å². The molecule has 0 spiro atoms. The van der Waals surface area contributed by atoms with Crippen LogP contribution in [0.4, 0.5) is 11.6 Å². The van der Waals surface area contributed by atoms with E-state index in [-0.39, 0.29) is 18.2 Å². The molecule has 1 heterocycles. The summed E-state index contributed by atoms with van der Waals surface area (Å²) >= 11 is 0. The number of carbonyl (C=O) groups is 1. The summed E-state index contributed by atoms with van der Waals surface area (Å²) in [4.78, 5) is 24.2. The zero-order valence-electron chi connectivity index (χ0n) is 8.93. The van der Waals surface area contributed by atoms with E-state index in [4.69, 9.17) is 5.11 Å². The van der Waals surface area contributed by atoms with Crippen LogP contribution < -0.4 is 5.32 Å². The number of nitrogens with one attached hydrogen (secondary N) is 1. The van der Waals surface area contributed by atoms with Crippen molar-refractivity contribution in [2.75, 3.05) is 11.9 Å². The first kappa shape index (κ1) is 12.0. The second-order valence-electron chi connectivity index (χ2n) is 3.08. The van der Waals surface area contributed by atoms with Crippen LogP contribution in [0.1, 0.15) is 12.7 Å². The minimum atomic E-state index is -1.09. The fraction of sp³-hybridized carbons (Fsp3) is 0.500. The van der Waals surface area contributed by atoms with Crippen LogP contribution in [0, 0.1) is 17.0 Å². The number of hydrogen-bond acceptors (Lipinski definition) is 5. The topological polar surface area (TPSA) is 110 Å². The zero-order chi connectivity index (χ0) is 12.3. The third kappa shape index (κ3) is 2.27. The summed E-state index contributed by atoms with van der Waals surface area (Å²) in [7, 11) is 0. The normalized spacial score (nSPS) is 10.1. The molecule has 0 saturated carbocycles. The summed E-state index contributed by atoms with van der Waals surface area (Å²) in [5.41, 5.74) is 0.